The highest BCUT2D eigenvalue weighted by Gasteiger charge is 2.41. The van der Waals surface area contributed by atoms with Crippen molar-refractivity contribution in [3.05, 3.63) is 29.8 Å². The molecule has 2 N–H and O–H groups in total. The van der Waals surface area contributed by atoms with Crippen LogP contribution in [0.3, 0.4) is 0 Å². The van der Waals surface area contributed by atoms with Crippen molar-refractivity contribution in [3.8, 4) is 0 Å². The van der Waals surface area contributed by atoms with Crippen molar-refractivity contribution in [1.82, 2.24) is 4.31 Å². The van der Waals surface area contributed by atoms with Gasteiger partial charge in [0.05, 0.1) is 18.1 Å². The minimum absolute atomic E-state index is 0.205. The van der Waals surface area contributed by atoms with Gasteiger partial charge in [-0.25, -0.2) is 8.42 Å². The lowest BCUT2D eigenvalue weighted by Gasteiger charge is -2.27. The van der Waals surface area contributed by atoms with E-state index >= 15 is 0 Å². The maximum atomic E-state index is 12.6. The molecule has 0 bridgehead atoms. The molecule has 0 aromatic heterocycles. The Morgan fingerprint density at radius 2 is 1.58 bits per heavy atom. The fourth-order valence-electron chi connectivity index (χ4n) is 2.51. The Balaban J connectivity index is 2.39. The molecule has 1 fully saturated rings. The van der Waals surface area contributed by atoms with Crippen LogP contribution in [0.2, 0.25) is 0 Å². The van der Waals surface area contributed by atoms with Gasteiger partial charge < -0.3 is 10.2 Å². The molecule has 106 valence electrons. The summed E-state index contributed by atoms with van der Waals surface area (Å²) >= 11 is 0. The molecule has 1 aromatic rings. The molecule has 0 radical (unpaired) electrons. The van der Waals surface area contributed by atoms with E-state index in [4.69, 9.17) is 0 Å². The number of sulfonamides is 1. The van der Waals surface area contributed by atoms with Gasteiger partial charge >= 0.3 is 0 Å². The van der Waals surface area contributed by atoms with Crippen LogP contribution >= 0.6 is 0 Å². The number of nitrogens with zero attached hydrogens (tertiary/aromatic N) is 1. The lowest BCUT2D eigenvalue weighted by atomic mass is 10.2. The van der Waals surface area contributed by atoms with Gasteiger partial charge in [0.1, 0.15) is 0 Å². The minimum Gasteiger partial charge on any atom is -0.395 e. The van der Waals surface area contributed by atoms with Gasteiger partial charge in [-0.05, 0) is 31.9 Å². The van der Waals surface area contributed by atoms with E-state index in [0.717, 1.165) is 5.56 Å². The second-order valence-electron chi connectivity index (χ2n) is 4.90. The molecule has 0 saturated carbocycles. The number of rotatable bonds is 4. The first-order valence-electron chi connectivity index (χ1n) is 6.32. The molecule has 2 rings (SSSR count). The summed E-state index contributed by atoms with van der Waals surface area (Å²) in [5, 5.41) is 18.6. The predicted octanol–water partition coefficient (Wildman–Crippen LogP) is 0.501. The third-order valence-electron chi connectivity index (χ3n) is 3.57. The predicted molar refractivity (Wildman–Crippen MR) is 71.2 cm³/mol. The Morgan fingerprint density at radius 3 is 2.00 bits per heavy atom. The zero-order valence-corrected chi connectivity index (χ0v) is 11.7. The average molecular weight is 285 g/mol. The molecule has 1 aliphatic heterocycles. The highest BCUT2D eigenvalue weighted by atomic mass is 32.2. The van der Waals surface area contributed by atoms with Gasteiger partial charge in [0.15, 0.2) is 0 Å². The van der Waals surface area contributed by atoms with Gasteiger partial charge in [-0.3, -0.25) is 0 Å². The zero-order valence-electron chi connectivity index (χ0n) is 10.9. The van der Waals surface area contributed by atoms with Crippen LogP contribution in [0.4, 0.5) is 0 Å². The molecule has 0 spiro atoms. The van der Waals surface area contributed by atoms with Crippen LogP contribution in [0.25, 0.3) is 0 Å². The molecule has 1 heterocycles. The summed E-state index contributed by atoms with van der Waals surface area (Å²) in [6, 6.07) is 5.72. The average Bonchev–Trinajstić information content (AvgIpc) is 2.82. The molecular weight excluding hydrogens is 266 g/mol. The topological polar surface area (TPSA) is 77.8 Å². The SMILES string of the molecule is Cc1ccc(S(=O)(=O)N2[C@H](CO)CC[C@@H]2CO)cc1. The van der Waals surface area contributed by atoms with Crippen LogP contribution in [0.1, 0.15) is 18.4 Å². The molecule has 5 nitrogen and oxygen atoms in total. The molecule has 0 aliphatic carbocycles. The minimum atomic E-state index is -3.66. The normalized spacial score (nSPS) is 24.8. The summed E-state index contributed by atoms with van der Waals surface area (Å²) in [6.07, 6.45) is 1.15. The van der Waals surface area contributed by atoms with E-state index < -0.39 is 22.1 Å². The Bertz CT molecular complexity index is 514. The number of aryl methyl sites for hydroxylation is 1. The van der Waals surface area contributed by atoms with Gasteiger partial charge in [-0.15, -0.1) is 0 Å². The quantitative estimate of drug-likeness (QED) is 0.844. The summed E-state index contributed by atoms with van der Waals surface area (Å²) in [6.45, 7) is 1.45. The molecule has 1 aliphatic rings. The van der Waals surface area contributed by atoms with Gasteiger partial charge in [0.2, 0.25) is 10.0 Å². The number of hydrogen-bond acceptors (Lipinski definition) is 4. The van der Waals surface area contributed by atoms with E-state index in [1.54, 1.807) is 24.3 Å². The summed E-state index contributed by atoms with van der Waals surface area (Å²) in [7, 11) is -3.66. The van der Waals surface area contributed by atoms with E-state index in [9.17, 15) is 18.6 Å². The van der Waals surface area contributed by atoms with Crippen molar-refractivity contribution in [2.24, 2.45) is 0 Å². The number of hydrogen-bond donors (Lipinski definition) is 2. The molecule has 19 heavy (non-hydrogen) atoms. The first-order valence-corrected chi connectivity index (χ1v) is 7.76. The highest BCUT2D eigenvalue weighted by molar-refractivity contribution is 7.89. The van der Waals surface area contributed by atoms with Crippen LogP contribution in [-0.2, 0) is 10.0 Å². The first-order chi connectivity index (χ1) is 9.00. The second kappa shape index (κ2) is 5.58. The van der Waals surface area contributed by atoms with E-state index in [2.05, 4.69) is 0 Å². The molecule has 0 amide bonds. The Kier molecular flexibility index (Phi) is 4.25. The zero-order chi connectivity index (χ0) is 14.0. The van der Waals surface area contributed by atoms with Crippen molar-refractivity contribution >= 4 is 10.0 Å². The van der Waals surface area contributed by atoms with E-state index in [0.29, 0.717) is 12.8 Å². The van der Waals surface area contributed by atoms with Crippen molar-refractivity contribution in [2.45, 2.75) is 36.7 Å². The van der Waals surface area contributed by atoms with Gasteiger partial charge in [0.25, 0.3) is 0 Å². The van der Waals surface area contributed by atoms with E-state index in [-0.39, 0.29) is 18.1 Å². The highest BCUT2D eigenvalue weighted by Crippen LogP contribution is 2.30. The van der Waals surface area contributed by atoms with Crippen molar-refractivity contribution in [3.63, 3.8) is 0 Å². The molecule has 0 unspecified atom stereocenters. The Morgan fingerprint density at radius 1 is 1.11 bits per heavy atom. The third-order valence-corrected chi connectivity index (χ3v) is 5.59. The van der Waals surface area contributed by atoms with E-state index in [1.807, 2.05) is 6.92 Å². The molecule has 6 heteroatoms. The van der Waals surface area contributed by atoms with Crippen LogP contribution in [0, 0.1) is 6.92 Å². The van der Waals surface area contributed by atoms with Crippen molar-refractivity contribution in [2.75, 3.05) is 13.2 Å². The fraction of sp³-hybridized carbons (Fsp3) is 0.538. The van der Waals surface area contributed by atoms with Crippen molar-refractivity contribution < 1.29 is 18.6 Å². The van der Waals surface area contributed by atoms with Gasteiger partial charge in [-0.2, -0.15) is 4.31 Å². The lowest BCUT2D eigenvalue weighted by molar-refractivity contribution is 0.161. The van der Waals surface area contributed by atoms with Gasteiger partial charge in [-0.1, -0.05) is 17.7 Å². The standard InChI is InChI=1S/C13H19NO4S/c1-10-2-6-13(7-3-10)19(17,18)14-11(8-15)4-5-12(14)9-16/h2-3,6-7,11-12,15-16H,4-5,8-9H2,1H3/t11-,12+. The molecule has 2 atom stereocenters. The van der Waals surface area contributed by atoms with E-state index in [1.165, 1.54) is 4.31 Å². The van der Waals surface area contributed by atoms with Crippen LogP contribution in [0.15, 0.2) is 29.2 Å². The third kappa shape index (κ3) is 2.67. The Hall–Kier alpha value is -0.950. The summed E-state index contributed by atoms with van der Waals surface area (Å²) in [4.78, 5) is 0.205. The monoisotopic (exact) mass is 285 g/mol. The number of aliphatic hydroxyl groups excluding tert-OH is 2. The maximum absolute atomic E-state index is 12.6. The second-order valence-corrected chi connectivity index (χ2v) is 6.74. The number of aliphatic hydroxyl groups is 2. The number of benzene rings is 1. The smallest absolute Gasteiger partial charge is 0.243 e. The maximum Gasteiger partial charge on any atom is 0.243 e. The van der Waals surface area contributed by atoms with Crippen LogP contribution < -0.4 is 0 Å². The Labute approximate surface area is 113 Å². The molecule has 1 aromatic carbocycles. The molecular formula is C13H19NO4S. The summed E-state index contributed by atoms with van der Waals surface area (Å²) in [5.41, 5.74) is 0.984. The summed E-state index contributed by atoms with van der Waals surface area (Å²) < 4.78 is 26.4. The fourth-order valence-corrected chi connectivity index (χ4v) is 4.36. The first kappa shape index (κ1) is 14.5. The summed E-state index contributed by atoms with van der Waals surface area (Å²) in [5.74, 6) is 0. The van der Waals surface area contributed by atoms with Crippen LogP contribution in [0.5, 0.6) is 0 Å². The van der Waals surface area contributed by atoms with Crippen LogP contribution in [-0.4, -0.2) is 48.2 Å². The molecule has 1 saturated heterocycles. The largest absolute Gasteiger partial charge is 0.395 e. The van der Waals surface area contributed by atoms with Gasteiger partial charge in [0, 0.05) is 12.1 Å². The van der Waals surface area contributed by atoms with Crippen molar-refractivity contribution in [1.29, 1.82) is 0 Å². The lowest BCUT2D eigenvalue weighted by Crippen LogP contribution is -2.44.